The molecule has 1 aromatic rings. The molecule has 21 heavy (non-hydrogen) atoms. The van der Waals surface area contributed by atoms with E-state index in [2.05, 4.69) is 5.32 Å². The van der Waals surface area contributed by atoms with Gasteiger partial charge < -0.3 is 11.1 Å². The normalized spacial score (nSPS) is 11.6. The number of nitrogens with two attached hydrogens (primary N) is 1. The summed E-state index contributed by atoms with van der Waals surface area (Å²) < 4.78 is 23.6. The van der Waals surface area contributed by atoms with Gasteiger partial charge in [-0.1, -0.05) is 19.9 Å². The minimum atomic E-state index is -3.17. The quantitative estimate of drug-likeness (QED) is 0.756. The third kappa shape index (κ3) is 6.16. The van der Waals surface area contributed by atoms with Gasteiger partial charge in [0, 0.05) is 17.8 Å². The smallest absolute Gasteiger partial charge is 0.225 e. The van der Waals surface area contributed by atoms with E-state index in [1.807, 2.05) is 20.8 Å². The topological polar surface area (TPSA) is 89.3 Å². The average Bonchev–Trinajstić information content (AvgIpc) is 2.40. The third-order valence-electron chi connectivity index (χ3n) is 3.30. The Kier molecular flexibility index (Phi) is 6.20. The number of hydrogen-bond donors (Lipinski definition) is 2. The minimum Gasteiger partial charge on any atom is -0.398 e. The summed E-state index contributed by atoms with van der Waals surface area (Å²) in [5, 5.41) is 2.71. The van der Waals surface area contributed by atoms with Crippen LogP contribution >= 0.6 is 0 Å². The lowest BCUT2D eigenvalue weighted by atomic mass is 10.1. The number of carbonyl (C=O) groups excluding carboxylic acids is 1. The van der Waals surface area contributed by atoms with Crippen molar-refractivity contribution in [3.63, 3.8) is 0 Å². The van der Waals surface area contributed by atoms with Crippen molar-refractivity contribution in [1.29, 1.82) is 0 Å². The SMILES string of the molecule is Cc1c(N)cccc1NC(=O)CCS(=O)(=O)CCC(C)C. The Morgan fingerprint density at radius 2 is 1.95 bits per heavy atom. The standard InChI is InChI=1S/C15H24N2O3S/c1-11(2)7-9-21(19,20)10-8-15(18)17-14-6-4-5-13(16)12(14)3/h4-6,11H,7-10,16H2,1-3H3,(H,17,18). The number of carbonyl (C=O) groups is 1. The van der Waals surface area contributed by atoms with E-state index in [4.69, 9.17) is 5.73 Å². The van der Waals surface area contributed by atoms with Gasteiger partial charge >= 0.3 is 0 Å². The van der Waals surface area contributed by atoms with Gasteiger partial charge in [-0.25, -0.2) is 8.42 Å². The van der Waals surface area contributed by atoms with Gasteiger partial charge in [0.25, 0.3) is 0 Å². The highest BCUT2D eigenvalue weighted by Gasteiger charge is 2.15. The predicted molar refractivity (Wildman–Crippen MR) is 86.9 cm³/mol. The molecule has 5 nitrogen and oxygen atoms in total. The highest BCUT2D eigenvalue weighted by atomic mass is 32.2. The van der Waals surface area contributed by atoms with E-state index >= 15 is 0 Å². The van der Waals surface area contributed by atoms with Crippen molar-refractivity contribution in [2.45, 2.75) is 33.6 Å². The summed E-state index contributed by atoms with van der Waals surface area (Å²) in [6.45, 7) is 5.76. The zero-order chi connectivity index (χ0) is 16.0. The number of rotatable bonds is 7. The predicted octanol–water partition coefficient (Wildman–Crippen LogP) is 2.37. The van der Waals surface area contributed by atoms with Crippen molar-refractivity contribution in [2.24, 2.45) is 5.92 Å². The van der Waals surface area contributed by atoms with Crippen LogP contribution in [0, 0.1) is 12.8 Å². The molecule has 0 aliphatic carbocycles. The summed E-state index contributed by atoms with van der Waals surface area (Å²) >= 11 is 0. The molecule has 0 aromatic heterocycles. The molecule has 0 heterocycles. The number of nitrogen functional groups attached to an aromatic ring is 1. The summed E-state index contributed by atoms with van der Waals surface area (Å²) in [5.41, 5.74) is 7.77. The molecule has 0 saturated heterocycles. The summed E-state index contributed by atoms with van der Waals surface area (Å²) in [5.74, 6) is 0.0442. The first kappa shape index (κ1) is 17.5. The number of amides is 1. The molecule has 0 unspecified atom stereocenters. The van der Waals surface area contributed by atoms with Crippen LogP contribution in [0.3, 0.4) is 0 Å². The zero-order valence-electron chi connectivity index (χ0n) is 12.8. The van der Waals surface area contributed by atoms with E-state index in [1.165, 1.54) is 0 Å². The lowest BCUT2D eigenvalue weighted by Crippen LogP contribution is -2.20. The van der Waals surface area contributed by atoms with Gasteiger partial charge in [0.1, 0.15) is 0 Å². The van der Waals surface area contributed by atoms with E-state index in [9.17, 15) is 13.2 Å². The first-order valence-corrected chi connectivity index (χ1v) is 8.89. The Bertz CT molecular complexity index is 595. The molecule has 0 radical (unpaired) electrons. The monoisotopic (exact) mass is 312 g/mol. The molecule has 0 aliphatic rings. The van der Waals surface area contributed by atoms with Crippen LogP contribution < -0.4 is 11.1 Å². The van der Waals surface area contributed by atoms with Crippen molar-refractivity contribution < 1.29 is 13.2 Å². The lowest BCUT2D eigenvalue weighted by Gasteiger charge is -2.10. The summed E-state index contributed by atoms with van der Waals surface area (Å²) in [7, 11) is -3.17. The van der Waals surface area contributed by atoms with E-state index in [1.54, 1.807) is 18.2 Å². The largest absolute Gasteiger partial charge is 0.398 e. The van der Waals surface area contributed by atoms with E-state index in [-0.39, 0.29) is 23.8 Å². The second kappa shape index (κ2) is 7.45. The molecule has 6 heteroatoms. The van der Waals surface area contributed by atoms with Crippen LogP contribution in [0.15, 0.2) is 18.2 Å². The molecule has 0 bridgehead atoms. The molecule has 0 saturated carbocycles. The van der Waals surface area contributed by atoms with Gasteiger partial charge in [-0.05, 0) is 37.0 Å². The van der Waals surface area contributed by atoms with Crippen LogP contribution in [0.4, 0.5) is 11.4 Å². The first-order valence-electron chi connectivity index (χ1n) is 7.06. The van der Waals surface area contributed by atoms with Crippen LogP contribution in [-0.4, -0.2) is 25.8 Å². The van der Waals surface area contributed by atoms with Crippen molar-refractivity contribution >= 4 is 27.1 Å². The summed E-state index contributed by atoms with van der Waals surface area (Å²) in [4.78, 5) is 11.8. The number of hydrogen-bond acceptors (Lipinski definition) is 4. The van der Waals surface area contributed by atoms with Gasteiger partial charge in [0.2, 0.25) is 5.91 Å². The molecule has 3 N–H and O–H groups in total. The molecule has 1 aromatic carbocycles. The molecular weight excluding hydrogens is 288 g/mol. The number of anilines is 2. The van der Waals surface area contributed by atoms with E-state index in [0.29, 0.717) is 23.7 Å². The molecular formula is C15H24N2O3S. The maximum absolute atomic E-state index is 11.8. The molecule has 118 valence electrons. The van der Waals surface area contributed by atoms with Gasteiger partial charge in [-0.15, -0.1) is 0 Å². The van der Waals surface area contributed by atoms with Gasteiger partial charge in [0.05, 0.1) is 11.5 Å². The fraction of sp³-hybridized carbons (Fsp3) is 0.533. The fourth-order valence-corrected chi connectivity index (χ4v) is 3.30. The number of sulfone groups is 1. The molecule has 1 amide bonds. The van der Waals surface area contributed by atoms with E-state index in [0.717, 1.165) is 5.56 Å². The highest BCUT2D eigenvalue weighted by Crippen LogP contribution is 2.20. The average molecular weight is 312 g/mol. The van der Waals surface area contributed by atoms with Crippen molar-refractivity contribution in [2.75, 3.05) is 22.6 Å². The van der Waals surface area contributed by atoms with Crippen molar-refractivity contribution in [1.82, 2.24) is 0 Å². The van der Waals surface area contributed by atoms with Crippen LogP contribution in [0.2, 0.25) is 0 Å². The minimum absolute atomic E-state index is 0.0331. The van der Waals surface area contributed by atoms with Gasteiger partial charge in [-0.3, -0.25) is 4.79 Å². The highest BCUT2D eigenvalue weighted by molar-refractivity contribution is 7.91. The van der Waals surface area contributed by atoms with Crippen molar-refractivity contribution in [3.05, 3.63) is 23.8 Å². The molecule has 0 fully saturated rings. The zero-order valence-corrected chi connectivity index (χ0v) is 13.7. The maximum atomic E-state index is 11.8. The van der Waals surface area contributed by atoms with E-state index < -0.39 is 9.84 Å². The van der Waals surface area contributed by atoms with Crippen LogP contribution in [0.1, 0.15) is 32.3 Å². The van der Waals surface area contributed by atoms with Gasteiger partial charge in [-0.2, -0.15) is 0 Å². The van der Waals surface area contributed by atoms with Crippen LogP contribution in [0.25, 0.3) is 0 Å². The number of benzene rings is 1. The summed E-state index contributed by atoms with van der Waals surface area (Å²) in [6, 6.07) is 5.25. The first-order chi connectivity index (χ1) is 9.71. The summed E-state index contributed by atoms with van der Waals surface area (Å²) in [6.07, 6.45) is 0.590. The second-order valence-corrected chi connectivity index (χ2v) is 7.96. The maximum Gasteiger partial charge on any atom is 0.225 e. The van der Waals surface area contributed by atoms with Crippen LogP contribution in [-0.2, 0) is 14.6 Å². The third-order valence-corrected chi connectivity index (χ3v) is 4.98. The Balaban J connectivity index is 2.53. The molecule has 0 spiro atoms. The van der Waals surface area contributed by atoms with Crippen LogP contribution in [0.5, 0.6) is 0 Å². The Labute approximate surface area is 126 Å². The molecule has 0 atom stereocenters. The Hall–Kier alpha value is -1.56. The molecule has 1 rings (SSSR count). The lowest BCUT2D eigenvalue weighted by molar-refractivity contribution is -0.115. The Morgan fingerprint density at radius 3 is 2.57 bits per heavy atom. The Morgan fingerprint density at radius 1 is 1.29 bits per heavy atom. The number of nitrogens with one attached hydrogen (secondary N) is 1. The molecule has 0 aliphatic heterocycles. The van der Waals surface area contributed by atoms with Crippen molar-refractivity contribution in [3.8, 4) is 0 Å². The fourth-order valence-electron chi connectivity index (χ4n) is 1.77. The second-order valence-electron chi connectivity index (χ2n) is 5.65. The van der Waals surface area contributed by atoms with Gasteiger partial charge in [0.15, 0.2) is 9.84 Å².